The minimum atomic E-state index is 0.765. The molecule has 1 N–H and O–H groups in total. The van der Waals surface area contributed by atoms with Crippen LogP contribution in [0.3, 0.4) is 0 Å². The maximum absolute atomic E-state index is 4.27. The van der Waals surface area contributed by atoms with Crippen LogP contribution in [0, 0.1) is 0 Å². The van der Waals surface area contributed by atoms with E-state index in [2.05, 4.69) is 39.8 Å². The zero-order chi connectivity index (χ0) is 15.2. The molecular formula is C16H27N5. The van der Waals surface area contributed by atoms with Crippen LogP contribution in [0.2, 0.25) is 0 Å². The number of unbranched alkanes of at least 4 members (excludes halogenated alkanes) is 4. The van der Waals surface area contributed by atoms with Gasteiger partial charge in [0.2, 0.25) is 0 Å². The molecule has 1 aromatic carbocycles. The number of benzene rings is 1. The minimum absolute atomic E-state index is 0.765. The van der Waals surface area contributed by atoms with Crippen molar-refractivity contribution in [2.45, 2.75) is 52.4 Å². The Morgan fingerprint density at radius 3 is 2.24 bits per heavy atom. The van der Waals surface area contributed by atoms with Crippen LogP contribution < -0.4 is 5.43 Å². The summed E-state index contributed by atoms with van der Waals surface area (Å²) in [6.07, 6.45) is 6.97. The van der Waals surface area contributed by atoms with Gasteiger partial charge in [0.05, 0.1) is 18.8 Å². The molecule has 0 aliphatic rings. The summed E-state index contributed by atoms with van der Waals surface area (Å²) in [6, 6.07) is 7.76. The van der Waals surface area contributed by atoms with Gasteiger partial charge in [0.15, 0.2) is 0 Å². The molecule has 0 spiro atoms. The number of azo groups is 1. The lowest BCUT2D eigenvalue weighted by molar-refractivity contribution is 0.708. The molecule has 1 aromatic rings. The molecule has 0 aromatic heterocycles. The van der Waals surface area contributed by atoms with Crippen LogP contribution in [0.15, 0.2) is 44.8 Å². The summed E-state index contributed by atoms with van der Waals surface area (Å²) in [5, 5.41) is 16.6. The molecule has 0 atom stereocenters. The van der Waals surface area contributed by atoms with Crippen molar-refractivity contribution in [2.75, 3.05) is 18.5 Å². The first-order valence-corrected chi connectivity index (χ1v) is 7.97. The molecule has 0 bridgehead atoms. The zero-order valence-electron chi connectivity index (χ0n) is 13.3. The van der Waals surface area contributed by atoms with Crippen molar-refractivity contribution in [1.82, 2.24) is 0 Å². The monoisotopic (exact) mass is 289 g/mol. The van der Waals surface area contributed by atoms with E-state index < -0.39 is 0 Å². The molecule has 21 heavy (non-hydrogen) atoms. The van der Waals surface area contributed by atoms with E-state index in [1.54, 1.807) is 0 Å². The van der Waals surface area contributed by atoms with Gasteiger partial charge in [-0.2, -0.15) is 15.3 Å². The highest BCUT2D eigenvalue weighted by Crippen LogP contribution is 2.24. The Hall–Kier alpha value is -1.78. The molecule has 0 unspecified atom stereocenters. The topological polar surface area (TPSA) is 61.5 Å². The highest BCUT2D eigenvalue weighted by atomic mass is 15.4. The van der Waals surface area contributed by atoms with Crippen LogP contribution in [0.5, 0.6) is 0 Å². The van der Waals surface area contributed by atoms with Crippen molar-refractivity contribution in [3.8, 4) is 0 Å². The Kier molecular flexibility index (Phi) is 9.87. The number of para-hydroxylation sites is 1. The maximum atomic E-state index is 4.27. The van der Waals surface area contributed by atoms with Gasteiger partial charge in [-0.25, -0.2) is 0 Å². The smallest absolute Gasteiger partial charge is 0.110 e. The molecule has 5 heteroatoms. The molecule has 116 valence electrons. The lowest BCUT2D eigenvalue weighted by Crippen LogP contribution is -1.88. The number of hydrogen-bond donors (Lipinski definition) is 1. The van der Waals surface area contributed by atoms with E-state index in [1.165, 1.54) is 25.7 Å². The average molecular weight is 289 g/mol. The summed E-state index contributed by atoms with van der Waals surface area (Å²) in [5.41, 5.74) is 4.60. The lowest BCUT2D eigenvalue weighted by atomic mass is 10.2. The second-order valence-electron chi connectivity index (χ2n) is 4.97. The number of nitrogens with zero attached hydrogens (tertiary/aromatic N) is 4. The third-order valence-electron chi connectivity index (χ3n) is 3.05. The minimum Gasteiger partial charge on any atom is -0.258 e. The van der Waals surface area contributed by atoms with E-state index in [9.17, 15) is 0 Å². The Morgan fingerprint density at radius 1 is 0.857 bits per heavy atom. The fourth-order valence-electron chi connectivity index (χ4n) is 1.79. The molecule has 0 heterocycles. The summed E-state index contributed by atoms with van der Waals surface area (Å²) in [4.78, 5) is 0. The van der Waals surface area contributed by atoms with Crippen molar-refractivity contribution in [2.24, 2.45) is 20.6 Å². The Labute approximate surface area is 127 Å². The lowest BCUT2D eigenvalue weighted by Gasteiger charge is -2.02. The normalized spacial score (nSPS) is 11.5. The van der Waals surface area contributed by atoms with Crippen molar-refractivity contribution in [3.63, 3.8) is 0 Å². The average Bonchev–Trinajstić information content (AvgIpc) is 2.52. The summed E-state index contributed by atoms with van der Waals surface area (Å²) >= 11 is 0. The molecule has 0 radical (unpaired) electrons. The van der Waals surface area contributed by atoms with Gasteiger partial charge in [-0.15, -0.1) is 0 Å². The molecule has 1 rings (SSSR count). The molecule has 0 saturated carbocycles. The van der Waals surface area contributed by atoms with Crippen LogP contribution in [0.25, 0.3) is 0 Å². The molecule has 0 fully saturated rings. The highest BCUT2D eigenvalue weighted by Gasteiger charge is 1.98. The largest absolute Gasteiger partial charge is 0.258 e. The number of hydrogen-bond acceptors (Lipinski definition) is 4. The predicted molar refractivity (Wildman–Crippen MR) is 88.2 cm³/mol. The van der Waals surface area contributed by atoms with Crippen LogP contribution >= 0.6 is 0 Å². The van der Waals surface area contributed by atoms with Crippen LogP contribution in [0.1, 0.15) is 52.4 Å². The third kappa shape index (κ3) is 8.17. The van der Waals surface area contributed by atoms with Crippen molar-refractivity contribution < 1.29 is 0 Å². The Bertz CT molecular complexity index is 428. The quantitative estimate of drug-likeness (QED) is 0.306. The van der Waals surface area contributed by atoms with E-state index in [0.717, 1.165) is 37.3 Å². The molecule has 5 nitrogen and oxygen atoms in total. The van der Waals surface area contributed by atoms with Crippen LogP contribution in [0.4, 0.5) is 11.4 Å². The van der Waals surface area contributed by atoms with Gasteiger partial charge < -0.3 is 0 Å². The van der Waals surface area contributed by atoms with E-state index in [0.29, 0.717) is 0 Å². The molecular weight excluding hydrogens is 262 g/mol. The first-order chi connectivity index (χ1) is 10.4. The SMILES string of the molecule is CCCCCN=NNc1ccccc1N=NCCCCC. The molecule has 0 aliphatic heterocycles. The predicted octanol–water partition coefficient (Wildman–Crippen LogP) is 5.93. The third-order valence-corrected chi connectivity index (χ3v) is 3.05. The van der Waals surface area contributed by atoms with Gasteiger partial charge in [-0.05, 0) is 25.0 Å². The van der Waals surface area contributed by atoms with Crippen LogP contribution in [-0.4, -0.2) is 13.1 Å². The summed E-state index contributed by atoms with van der Waals surface area (Å²) in [5.74, 6) is 0. The molecule has 0 saturated heterocycles. The second kappa shape index (κ2) is 12.0. The van der Waals surface area contributed by atoms with Gasteiger partial charge in [-0.1, -0.05) is 56.9 Å². The Balaban J connectivity index is 2.43. The first kappa shape index (κ1) is 17.3. The van der Waals surface area contributed by atoms with Gasteiger partial charge in [0, 0.05) is 0 Å². The zero-order valence-corrected chi connectivity index (χ0v) is 13.3. The summed E-state index contributed by atoms with van der Waals surface area (Å²) in [6.45, 7) is 5.90. The van der Waals surface area contributed by atoms with E-state index in [-0.39, 0.29) is 0 Å². The van der Waals surface area contributed by atoms with Gasteiger partial charge in [-0.3, -0.25) is 5.43 Å². The summed E-state index contributed by atoms with van der Waals surface area (Å²) in [7, 11) is 0. The van der Waals surface area contributed by atoms with Crippen molar-refractivity contribution in [1.29, 1.82) is 0 Å². The second-order valence-corrected chi connectivity index (χ2v) is 4.97. The fraction of sp³-hybridized carbons (Fsp3) is 0.625. The standard InChI is InChI=1S/C16H27N5/c1-3-5-9-13-17-19-15-11-7-8-12-16(15)20-21-18-14-10-6-4-2/h7-8,11-12H,3-6,9-10,13-14H2,1-2H3,(H,18,20). The van der Waals surface area contributed by atoms with E-state index >= 15 is 0 Å². The fourth-order valence-corrected chi connectivity index (χ4v) is 1.79. The number of rotatable bonds is 11. The van der Waals surface area contributed by atoms with Crippen molar-refractivity contribution in [3.05, 3.63) is 24.3 Å². The number of nitrogens with one attached hydrogen (secondary N) is 1. The maximum Gasteiger partial charge on any atom is 0.110 e. The molecule has 0 aliphatic carbocycles. The number of anilines is 1. The van der Waals surface area contributed by atoms with Crippen LogP contribution in [-0.2, 0) is 0 Å². The van der Waals surface area contributed by atoms with Gasteiger partial charge >= 0.3 is 0 Å². The summed E-state index contributed by atoms with van der Waals surface area (Å²) < 4.78 is 0. The first-order valence-electron chi connectivity index (χ1n) is 7.97. The van der Waals surface area contributed by atoms with Gasteiger partial charge in [0.25, 0.3) is 0 Å². The van der Waals surface area contributed by atoms with Gasteiger partial charge in [0.1, 0.15) is 5.69 Å². The Morgan fingerprint density at radius 2 is 1.52 bits per heavy atom. The molecule has 0 amide bonds. The van der Waals surface area contributed by atoms with E-state index in [4.69, 9.17) is 0 Å². The van der Waals surface area contributed by atoms with E-state index in [1.807, 2.05) is 24.3 Å². The highest BCUT2D eigenvalue weighted by molar-refractivity contribution is 5.64. The van der Waals surface area contributed by atoms with Crippen molar-refractivity contribution >= 4 is 11.4 Å².